The maximum Gasteiger partial charge on any atom is 0.261 e. The van der Waals surface area contributed by atoms with Crippen molar-refractivity contribution in [1.82, 2.24) is 4.90 Å². The maximum absolute atomic E-state index is 12.9. The first kappa shape index (κ1) is 24.8. The van der Waals surface area contributed by atoms with E-state index in [1.165, 1.54) is 4.90 Å². The molecule has 0 bridgehead atoms. The highest BCUT2D eigenvalue weighted by Crippen LogP contribution is 2.32. The van der Waals surface area contributed by atoms with Crippen molar-refractivity contribution < 1.29 is 28.7 Å². The number of benzene rings is 3. The number of nitrogens with one attached hydrogen (secondary N) is 2. The van der Waals surface area contributed by atoms with Gasteiger partial charge in [-0.3, -0.25) is 24.1 Å². The third-order valence-electron chi connectivity index (χ3n) is 7.04. The number of amides is 4. The van der Waals surface area contributed by atoms with Crippen LogP contribution in [0.1, 0.15) is 56.8 Å². The van der Waals surface area contributed by atoms with Crippen LogP contribution in [0, 0.1) is 5.92 Å². The Kier molecular flexibility index (Phi) is 6.58. The van der Waals surface area contributed by atoms with Crippen molar-refractivity contribution in [2.24, 2.45) is 5.92 Å². The summed E-state index contributed by atoms with van der Waals surface area (Å²) in [5, 5.41) is 5.70. The molecule has 2 N–H and O–H groups in total. The van der Waals surface area contributed by atoms with E-state index in [1.807, 2.05) is 0 Å². The molecule has 1 saturated carbocycles. The van der Waals surface area contributed by atoms with Gasteiger partial charge in [0.2, 0.25) is 5.91 Å². The average Bonchev–Trinajstić information content (AvgIpc) is 3.62. The SMILES string of the molecule is O=C(Nc1cccc(Oc2ccc3c(c2)C(=O)N(CC2CCCO2)C3=O)c1)c1ccc(NC(=O)C2CC2)cc1. The van der Waals surface area contributed by atoms with E-state index >= 15 is 0 Å². The Balaban J connectivity index is 1.10. The van der Waals surface area contributed by atoms with Crippen LogP contribution in [0.5, 0.6) is 11.5 Å². The second-order valence-corrected chi connectivity index (χ2v) is 9.99. The first-order valence-corrected chi connectivity index (χ1v) is 13.1. The second kappa shape index (κ2) is 10.3. The highest BCUT2D eigenvalue weighted by atomic mass is 16.5. The zero-order chi connectivity index (χ0) is 26.9. The first-order chi connectivity index (χ1) is 18.9. The fourth-order valence-corrected chi connectivity index (χ4v) is 4.76. The van der Waals surface area contributed by atoms with E-state index in [9.17, 15) is 19.2 Å². The zero-order valence-corrected chi connectivity index (χ0v) is 21.1. The molecule has 9 nitrogen and oxygen atoms in total. The van der Waals surface area contributed by atoms with Gasteiger partial charge in [0.05, 0.1) is 23.8 Å². The lowest BCUT2D eigenvalue weighted by Gasteiger charge is -2.17. The summed E-state index contributed by atoms with van der Waals surface area (Å²) in [5.41, 5.74) is 2.28. The molecule has 3 aliphatic rings. The summed E-state index contributed by atoms with van der Waals surface area (Å²) < 4.78 is 11.6. The van der Waals surface area contributed by atoms with Crippen LogP contribution in [0.4, 0.5) is 11.4 Å². The van der Waals surface area contributed by atoms with Crippen LogP contribution in [0.3, 0.4) is 0 Å². The van der Waals surface area contributed by atoms with Crippen molar-refractivity contribution in [3.63, 3.8) is 0 Å². The number of anilines is 2. The lowest BCUT2D eigenvalue weighted by atomic mass is 10.1. The molecule has 39 heavy (non-hydrogen) atoms. The van der Waals surface area contributed by atoms with Gasteiger partial charge in [0.25, 0.3) is 17.7 Å². The Morgan fingerprint density at radius 2 is 1.62 bits per heavy atom. The molecule has 1 unspecified atom stereocenters. The van der Waals surface area contributed by atoms with Crippen molar-refractivity contribution in [3.05, 3.63) is 83.4 Å². The molecule has 0 aromatic heterocycles. The van der Waals surface area contributed by atoms with E-state index in [-0.39, 0.29) is 42.2 Å². The fourth-order valence-electron chi connectivity index (χ4n) is 4.76. The lowest BCUT2D eigenvalue weighted by Crippen LogP contribution is -2.36. The Labute approximate surface area is 225 Å². The van der Waals surface area contributed by atoms with Gasteiger partial charge in [-0.2, -0.15) is 0 Å². The molecule has 1 atom stereocenters. The molecule has 1 aliphatic carbocycles. The van der Waals surface area contributed by atoms with Crippen LogP contribution in [-0.4, -0.2) is 47.8 Å². The number of hydrogen-bond donors (Lipinski definition) is 2. The number of rotatable bonds is 8. The van der Waals surface area contributed by atoms with Gasteiger partial charge in [-0.25, -0.2) is 0 Å². The summed E-state index contributed by atoms with van der Waals surface area (Å²) in [4.78, 5) is 51.6. The van der Waals surface area contributed by atoms with E-state index < -0.39 is 0 Å². The number of imide groups is 1. The van der Waals surface area contributed by atoms with E-state index in [4.69, 9.17) is 9.47 Å². The molecule has 2 fully saturated rings. The standard InChI is InChI=1S/C30H27N3O6/c34-27(18-6-7-18)31-20-10-8-19(9-11-20)28(35)32-21-3-1-4-22(15-21)39-23-12-13-25-26(16-23)30(37)33(29(25)36)17-24-5-2-14-38-24/h1,3-4,8-13,15-16,18,24H,2,5-7,14,17H2,(H,31,34)(H,32,35). The number of hydrogen-bond acceptors (Lipinski definition) is 6. The number of ether oxygens (including phenoxy) is 2. The van der Waals surface area contributed by atoms with E-state index in [0.29, 0.717) is 46.2 Å². The van der Waals surface area contributed by atoms with Crippen molar-refractivity contribution in [1.29, 1.82) is 0 Å². The summed E-state index contributed by atoms with van der Waals surface area (Å²) in [6, 6.07) is 18.4. The molecule has 3 aromatic rings. The Bertz CT molecular complexity index is 1460. The van der Waals surface area contributed by atoms with E-state index in [1.54, 1.807) is 66.7 Å². The maximum atomic E-state index is 12.9. The summed E-state index contributed by atoms with van der Waals surface area (Å²) >= 11 is 0. The Morgan fingerprint density at radius 1 is 0.846 bits per heavy atom. The smallest absolute Gasteiger partial charge is 0.261 e. The minimum absolute atomic E-state index is 0.0133. The van der Waals surface area contributed by atoms with Crippen LogP contribution < -0.4 is 15.4 Å². The van der Waals surface area contributed by atoms with Gasteiger partial charge < -0.3 is 20.1 Å². The second-order valence-electron chi connectivity index (χ2n) is 9.99. The average molecular weight is 526 g/mol. The predicted octanol–water partition coefficient (Wildman–Crippen LogP) is 4.85. The van der Waals surface area contributed by atoms with E-state index in [2.05, 4.69) is 10.6 Å². The molecule has 198 valence electrons. The van der Waals surface area contributed by atoms with E-state index in [0.717, 1.165) is 25.7 Å². The summed E-state index contributed by atoms with van der Waals surface area (Å²) in [6.45, 7) is 0.903. The first-order valence-electron chi connectivity index (χ1n) is 13.1. The number of nitrogens with zero attached hydrogens (tertiary/aromatic N) is 1. The molecule has 0 spiro atoms. The summed E-state index contributed by atoms with van der Waals surface area (Å²) in [7, 11) is 0. The molecular formula is C30H27N3O6. The van der Waals surface area contributed by atoms with Gasteiger partial charge in [0.1, 0.15) is 11.5 Å². The molecule has 9 heteroatoms. The third kappa shape index (κ3) is 5.39. The molecule has 3 aromatic carbocycles. The number of fused-ring (bicyclic) bond motifs is 1. The third-order valence-corrected chi connectivity index (χ3v) is 7.04. The zero-order valence-electron chi connectivity index (χ0n) is 21.1. The molecule has 2 heterocycles. The molecule has 4 amide bonds. The Hall–Kier alpha value is -4.50. The minimum Gasteiger partial charge on any atom is -0.457 e. The van der Waals surface area contributed by atoms with Crippen molar-refractivity contribution >= 4 is 35.0 Å². The molecule has 2 aliphatic heterocycles. The largest absolute Gasteiger partial charge is 0.457 e. The quantitative estimate of drug-likeness (QED) is 0.406. The molecule has 6 rings (SSSR count). The van der Waals surface area contributed by atoms with Gasteiger partial charge in [-0.15, -0.1) is 0 Å². The van der Waals surface area contributed by atoms with Crippen molar-refractivity contribution in [2.75, 3.05) is 23.8 Å². The van der Waals surface area contributed by atoms with Crippen molar-refractivity contribution in [3.8, 4) is 11.5 Å². The van der Waals surface area contributed by atoms with Gasteiger partial charge >= 0.3 is 0 Å². The van der Waals surface area contributed by atoms with Crippen LogP contribution in [0.15, 0.2) is 66.7 Å². The molecule has 1 saturated heterocycles. The van der Waals surface area contributed by atoms with Crippen LogP contribution in [0.25, 0.3) is 0 Å². The van der Waals surface area contributed by atoms with Crippen LogP contribution in [0.2, 0.25) is 0 Å². The fraction of sp³-hybridized carbons (Fsp3) is 0.267. The highest BCUT2D eigenvalue weighted by Gasteiger charge is 2.37. The topological polar surface area (TPSA) is 114 Å². The van der Waals surface area contributed by atoms with Crippen LogP contribution in [-0.2, 0) is 9.53 Å². The van der Waals surface area contributed by atoms with Crippen molar-refractivity contribution in [2.45, 2.75) is 31.8 Å². The molecular weight excluding hydrogens is 498 g/mol. The lowest BCUT2D eigenvalue weighted by molar-refractivity contribution is -0.117. The number of carbonyl (C=O) groups is 4. The summed E-state index contributed by atoms with van der Waals surface area (Å²) in [6.07, 6.45) is 3.49. The molecule has 0 radical (unpaired) electrons. The normalized spacial score (nSPS) is 18.2. The summed E-state index contributed by atoms with van der Waals surface area (Å²) in [5.74, 6) is 0.00315. The predicted molar refractivity (Wildman–Crippen MR) is 143 cm³/mol. The minimum atomic E-state index is -0.352. The Morgan fingerprint density at radius 3 is 2.36 bits per heavy atom. The van der Waals surface area contributed by atoms with Gasteiger partial charge in [-0.1, -0.05) is 6.07 Å². The van der Waals surface area contributed by atoms with Gasteiger partial charge in [0.15, 0.2) is 0 Å². The van der Waals surface area contributed by atoms with Crippen LogP contribution >= 0.6 is 0 Å². The monoisotopic (exact) mass is 525 g/mol. The van der Waals surface area contributed by atoms with Gasteiger partial charge in [-0.05, 0) is 80.3 Å². The highest BCUT2D eigenvalue weighted by molar-refractivity contribution is 6.21. The number of carbonyl (C=O) groups excluding carboxylic acids is 4. The van der Waals surface area contributed by atoms with Gasteiger partial charge in [0, 0.05) is 35.5 Å².